The number of nitrogens with zero attached hydrogens (tertiary/aromatic N) is 1. The van der Waals surface area contributed by atoms with Gasteiger partial charge in [-0.2, -0.15) is 0 Å². The Labute approximate surface area is 103 Å². The van der Waals surface area contributed by atoms with Crippen LogP contribution in [0.1, 0.15) is 32.1 Å². The van der Waals surface area contributed by atoms with Gasteiger partial charge in [0.1, 0.15) is 0 Å². The molecule has 0 aromatic heterocycles. The lowest BCUT2D eigenvalue weighted by Gasteiger charge is -2.27. The molecule has 2 aliphatic heterocycles. The summed E-state index contributed by atoms with van der Waals surface area (Å²) in [7, 11) is 0. The van der Waals surface area contributed by atoms with Gasteiger partial charge in [0.05, 0.1) is 12.5 Å². The van der Waals surface area contributed by atoms with Gasteiger partial charge in [-0.1, -0.05) is 5.92 Å². The molecule has 0 aromatic carbocycles. The van der Waals surface area contributed by atoms with Crippen LogP contribution in [0.2, 0.25) is 0 Å². The van der Waals surface area contributed by atoms with E-state index in [0.717, 1.165) is 25.3 Å². The Balaban J connectivity index is 1.64. The molecule has 92 valence electrons. The Hall–Kier alpha value is -1.01. The molecule has 0 radical (unpaired) electrons. The molecule has 3 fully saturated rings. The van der Waals surface area contributed by atoms with E-state index in [-0.39, 0.29) is 5.92 Å². The van der Waals surface area contributed by atoms with Crippen LogP contribution in [0.25, 0.3) is 0 Å². The van der Waals surface area contributed by atoms with Gasteiger partial charge in [-0.3, -0.25) is 4.79 Å². The first-order valence-corrected chi connectivity index (χ1v) is 6.76. The van der Waals surface area contributed by atoms with E-state index in [9.17, 15) is 4.79 Å². The Bertz CT molecular complexity index is 356. The zero-order valence-electron chi connectivity index (χ0n) is 10.2. The summed E-state index contributed by atoms with van der Waals surface area (Å²) in [6.45, 7) is 1.38. The van der Waals surface area contributed by atoms with Gasteiger partial charge < -0.3 is 10.2 Å². The summed E-state index contributed by atoms with van der Waals surface area (Å²) in [5, 5.41) is 3.53. The third kappa shape index (κ3) is 2.19. The molecule has 0 spiro atoms. The van der Waals surface area contributed by atoms with E-state index >= 15 is 0 Å². The highest BCUT2D eigenvalue weighted by atomic mass is 16.2. The largest absolute Gasteiger partial charge is 0.331 e. The van der Waals surface area contributed by atoms with Crippen molar-refractivity contribution in [1.29, 1.82) is 0 Å². The smallest absolute Gasteiger partial charge is 0.228 e. The number of nitrogens with one attached hydrogen (secondary N) is 1. The fourth-order valence-corrected chi connectivity index (χ4v) is 3.29. The highest BCUT2D eigenvalue weighted by Gasteiger charge is 2.44. The van der Waals surface area contributed by atoms with Gasteiger partial charge in [0.15, 0.2) is 0 Å². The Morgan fingerprint density at radius 3 is 2.71 bits per heavy atom. The first-order chi connectivity index (χ1) is 8.28. The monoisotopic (exact) mass is 232 g/mol. The number of carbonyl (C=O) groups excluding carboxylic acids is 1. The lowest BCUT2D eigenvalue weighted by molar-refractivity contribution is -0.135. The second kappa shape index (κ2) is 4.34. The summed E-state index contributed by atoms with van der Waals surface area (Å²) < 4.78 is 0. The highest BCUT2D eigenvalue weighted by Crippen LogP contribution is 2.35. The van der Waals surface area contributed by atoms with E-state index < -0.39 is 0 Å². The third-order valence-electron chi connectivity index (χ3n) is 4.39. The van der Waals surface area contributed by atoms with E-state index in [1.165, 1.54) is 19.3 Å². The summed E-state index contributed by atoms with van der Waals surface area (Å²) in [5.41, 5.74) is 0. The third-order valence-corrected chi connectivity index (χ3v) is 4.39. The number of fused-ring (bicyclic) bond motifs is 2. The molecule has 3 aliphatic rings. The molecule has 3 atom stereocenters. The van der Waals surface area contributed by atoms with E-state index in [4.69, 9.17) is 6.42 Å². The summed E-state index contributed by atoms with van der Waals surface area (Å²) in [6, 6.07) is 1.01. The Morgan fingerprint density at radius 1 is 1.35 bits per heavy atom. The number of rotatable bonds is 4. The maximum atomic E-state index is 12.5. The van der Waals surface area contributed by atoms with Crippen molar-refractivity contribution < 1.29 is 4.79 Å². The van der Waals surface area contributed by atoms with Gasteiger partial charge in [-0.25, -0.2) is 0 Å². The van der Waals surface area contributed by atoms with E-state index in [2.05, 4.69) is 11.2 Å². The van der Waals surface area contributed by atoms with Crippen LogP contribution in [0, 0.1) is 24.2 Å². The van der Waals surface area contributed by atoms with Gasteiger partial charge in [0.25, 0.3) is 0 Å². The van der Waals surface area contributed by atoms with Crippen LogP contribution in [-0.2, 0) is 4.79 Å². The molecular formula is C14H20N2O. The molecular weight excluding hydrogens is 212 g/mol. The molecule has 1 saturated carbocycles. The molecule has 3 unspecified atom stereocenters. The number of carbonyl (C=O) groups is 1. The summed E-state index contributed by atoms with van der Waals surface area (Å²) in [5.74, 6) is 3.85. The van der Waals surface area contributed by atoms with Crippen molar-refractivity contribution in [2.75, 3.05) is 13.1 Å². The predicted molar refractivity (Wildman–Crippen MR) is 66.2 cm³/mol. The Kier molecular flexibility index (Phi) is 2.84. The van der Waals surface area contributed by atoms with E-state index in [1.807, 2.05) is 4.90 Å². The zero-order chi connectivity index (χ0) is 11.8. The molecule has 2 bridgehead atoms. The molecule has 2 saturated heterocycles. The Morgan fingerprint density at radius 2 is 2.18 bits per heavy atom. The lowest BCUT2D eigenvalue weighted by atomic mass is 9.88. The first kappa shape index (κ1) is 11.1. The van der Waals surface area contributed by atoms with Gasteiger partial charge in [0.2, 0.25) is 5.91 Å². The minimum Gasteiger partial charge on any atom is -0.331 e. The minimum absolute atomic E-state index is 0.195. The van der Waals surface area contributed by atoms with Crippen LogP contribution in [0.5, 0.6) is 0 Å². The molecule has 17 heavy (non-hydrogen) atoms. The van der Waals surface area contributed by atoms with Crippen LogP contribution in [-0.4, -0.2) is 36.0 Å². The van der Waals surface area contributed by atoms with Crippen molar-refractivity contribution >= 4 is 5.91 Å². The van der Waals surface area contributed by atoms with Crippen molar-refractivity contribution in [2.24, 2.45) is 11.8 Å². The van der Waals surface area contributed by atoms with Gasteiger partial charge in [-0.05, 0) is 38.0 Å². The van der Waals surface area contributed by atoms with Crippen LogP contribution < -0.4 is 5.32 Å². The maximum Gasteiger partial charge on any atom is 0.228 e. The SMILES string of the molecule is C#CCN(CC1CC1)C(=O)C1CC2CCC1N2. The van der Waals surface area contributed by atoms with Gasteiger partial charge in [-0.15, -0.1) is 6.42 Å². The van der Waals surface area contributed by atoms with Crippen molar-refractivity contribution in [3.05, 3.63) is 0 Å². The molecule has 3 rings (SSSR count). The van der Waals surface area contributed by atoms with Crippen LogP contribution in [0.3, 0.4) is 0 Å². The van der Waals surface area contributed by atoms with Gasteiger partial charge in [0, 0.05) is 18.6 Å². The van der Waals surface area contributed by atoms with Gasteiger partial charge >= 0.3 is 0 Å². The minimum atomic E-state index is 0.195. The van der Waals surface area contributed by atoms with Crippen molar-refractivity contribution in [3.63, 3.8) is 0 Å². The van der Waals surface area contributed by atoms with E-state index in [0.29, 0.717) is 24.5 Å². The quantitative estimate of drug-likeness (QED) is 0.733. The maximum absolute atomic E-state index is 12.5. The number of terminal acetylenes is 1. The van der Waals surface area contributed by atoms with Crippen molar-refractivity contribution in [1.82, 2.24) is 10.2 Å². The average molecular weight is 232 g/mol. The topological polar surface area (TPSA) is 32.3 Å². The normalized spacial score (nSPS) is 34.6. The predicted octanol–water partition coefficient (Wildman–Crippen LogP) is 0.999. The molecule has 2 heterocycles. The molecule has 1 amide bonds. The molecule has 3 heteroatoms. The van der Waals surface area contributed by atoms with Crippen LogP contribution in [0.15, 0.2) is 0 Å². The average Bonchev–Trinajstić information content (AvgIpc) is 2.90. The van der Waals surface area contributed by atoms with Crippen molar-refractivity contribution in [3.8, 4) is 12.3 Å². The second-order valence-electron chi connectivity index (χ2n) is 5.76. The summed E-state index contributed by atoms with van der Waals surface area (Å²) in [6.07, 6.45) is 11.3. The second-order valence-corrected chi connectivity index (χ2v) is 5.76. The summed E-state index contributed by atoms with van der Waals surface area (Å²) in [4.78, 5) is 14.4. The highest BCUT2D eigenvalue weighted by molar-refractivity contribution is 5.80. The van der Waals surface area contributed by atoms with Crippen LogP contribution >= 0.6 is 0 Å². The molecule has 1 N–H and O–H groups in total. The molecule has 0 aromatic rings. The molecule has 3 nitrogen and oxygen atoms in total. The van der Waals surface area contributed by atoms with Crippen LogP contribution in [0.4, 0.5) is 0 Å². The standard InChI is InChI=1S/C14H20N2O/c1-2-7-16(9-10-3-4-10)14(17)12-8-11-5-6-13(12)15-11/h1,10-13,15H,3-9H2. The number of amides is 1. The summed E-state index contributed by atoms with van der Waals surface area (Å²) >= 11 is 0. The number of hydrogen-bond acceptors (Lipinski definition) is 2. The first-order valence-electron chi connectivity index (χ1n) is 6.76. The molecule has 1 aliphatic carbocycles. The number of hydrogen-bond donors (Lipinski definition) is 1. The fraction of sp³-hybridized carbons (Fsp3) is 0.786. The lowest BCUT2D eigenvalue weighted by Crippen LogP contribution is -2.42. The zero-order valence-corrected chi connectivity index (χ0v) is 10.2. The van der Waals surface area contributed by atoms with Crippen molar-refractivity contribution in [2.45, 2.75) is 44.2 Å². The van der Waals surface area contributed by atoms with E-state index in [1.54, 1.807) is 0 Å². The fourth-order valence-electron chi connectivity index (χ4n) is 3.29.